The highest BCUT2D eigenvalue weighted by Crippen LogP contribution is 2.40. The van der Waals surface area contributed by atoms with Gasteiger partial charge in [0, 0.05) is 5.69 Å². The molecule has 0 aliphatic heterocycles. The van der Waals surface area contributed by atoms with Gasteiger partial charge in [0.15, 0.2) is 0 Å². The standard InChI is InChI=1S/C18H20N2O2/c1-22-16-11-9-15(10-12-16)19-18(21)20-17(14-7-8-14)13-5-3-2-4-6-13/h2-6,9-12,14,17H,7-8H2,1H3,(H2,19,20,21). The highest BCUT2D eigenvalue weighted by Gasteiger charge is 2.33. The Kier molecular flexibility index (Phi) is 4.28. The third-order valence-electron chi connectivity index (χ3n) is 3.89. The van der Waals surface area contributed by atoms with Crippen molar-refractivity contribution in [1.29, 1.82) is 0 Å². The zero-order valence-electron chi connectivity index (χ0n) is 12.6. The minimum atomic E-state index is -0.175. The van der Waals surface area contributed by atoms with E-state index in [-0.39, 0.29) is 12.1 Å². The normalized spacial score (nSPS) is 15.0. The zero-order valence-corrected chi connectivity index (χ0v) is 12.6. The Morgan fingerprint density at radius 3 is 2.36 bits per heavy atom. The van der Waals surface area contributed by atoms with Crippen molar-refractivity contribution in [2.24, 2.45) is 5.92 Å². The van der Waals surface area contributed by atoms with Crippen LogP contribution >= 0.6 is 0 Å². The molecular weight excluding hydrogens is 276 g/mol. The molecule has 1 fully saturated rings. The van der Waals surface area contributed by atoms with E-state index in [1.54, 1.807) is 7.11 Å². The lowest BCUT2D eigenvalue weighted by Gasteiger charge is -2.19. The average Bonchev–Trinajstić information content (AvgIpc) is 3.39. The van der Waals surface area contributed by atoms with E-state index in [9.17, 15) is 4.79 Å². The van der Waals surface area contributed by atoms with Crippen LogP contribution in [0.5, 0.6) is 5.75 Å². The molecule has 0 aromatic heterocycles. The first-order valence-corrected chi connectivity index (χ1v) is 7.53. The van der Waals surface area contributed by atoms with Crippen LogP contribution in [0.4, 0.5) is 10.5 Å². The number of nitrogens with one attached hydrogen (secondary N) is 2. The van der Waals surface area contributed by atoms with Gasteiger partial charge in [-0.2, -0.15) is 0 Å². The number of rotatable bonds is 5. The highest BCUT2D eigenvalue weighted by atomic mass is 16.5. The van der Waals surface area contributed by atoms with E-state index in [1.807, 2.05) is 42.5 Å². The van der Waals surface area contributed by atoms with Gasteiger partial charge in [-0.15, -0.1) is 0 Å². The van der Waals surface area contributed by atoms with Crippen LogP contribution in [-0.4, -0.2) is 13.1 Å². The van der Waals surface area contributed by atoms with Crippen LogP contribution in [0.3, 0.4) is 0 Å². The summed E-state index contributed by atoms with van der Waals surface area (Å²) in [7, 11) is 1.62. The van der Waals surface area contributed by atoms with Crippen LogP contribution in [0.15, 0.2) is 54.6 Å². The van der Waals surface area contributed by atoms with Crippen molar-refractivity contribution in [1.82, 2.24) is 5.32 Å². The second kappa shape index (κ2) is 6.52. The number of hydrogen-bond donors (Lipinski definition) is 2. The zero-order chi connectivity index (χ0) is 15.4. The predicted molar refractivity (Wildman–Crippen MR) is 87.1 cm³/mol. The number of carbonyl (C=O) groups is 1. The summed E-state index contributed by atoms with van der Waals surface area (Å²) >= 11 is 0. The Bertz CT molecular complexity index is 621. The van der Waals surface area contributed by atoms with Crippen LogP contribution in [-0.2, 0) is 0 Å². The van der Waals surface area contributed by atoms with Gasteiger partial charge in [0.25, 0.3) is 0 Å². The molecule has 2 aromatic rings. The third kappa shape index (κ3) is 3.58. The molecule has 1 aliphatic carbocycles. The molecule has 22 heavy (non-hydrogen) atoms. The van der Waals surface area contributed by atoms with Gasteiger partial charge in [-0.1, -0.05) is 30.3 Å². The molecule has 3 rings (SSSR count). The molecule has 1 aliphatic rings. The van der Waals surface area contributed by atoms with Crippen molar-refractivity contribution in [3.8, 4) is 5.75 Å². The topological polar surface area (TPSA) is 50.4 Å². The summed E-state index contributed by atoms with van der Waals surface area (Å²) in [4.78, 5) is 12.2. The minimum Gasteiger partial charge on any atom is -0.497 e. The molecule has 114 valence electrons. The summed E-state index contributed by atoms with van der Waals surface area (Å²) in [5, 5.41) is 5.96. The number of anilines is 1. The summed E-state index contributed by atoms with van der Waals surface area (Å²) in [6.45, 7) is 0. The summed E-state index contributed by atoms with van der Waals surface area (Å²) in [6, 6.07) is 17.3. The molecule has 2 aromatic carbocycles. The van der Waals surface area contributed by atoms with E-state index >= 15 is 0 Å². The molecular formula is C18H20N2O2. The number of benzene rings is 2. The fourth-order valence-electron chi connectivity index (χ4n) is 2.55. The first-order chi connectivity index (χ1) is 10.8. The molecule has 2 N–H and O–H groups in total. The van der Waals surface area contributed by atoms with E-state index in [0.717, 1.165) is 17.0 Å². The summed E-state index contributed by atoms with van der Waals surface area (Å²) < 4.78 is 5.11. The minimum absolute atomic E-state index is 0.0828. The molecule has 1 unspecified atom stereocenters. The van der Waals surface area contributed by atoms with Gasteiger partial charge in [0.2, 0.25) is 0 Å². The molecule has 0 saturated heterocycles. The Morgan fingerprint density at radius 1 is 1.09 bits per heavy atom. The second-order valence-corrected chi connectivity index (χ2v) is 5.55. The lowest BCUT2D eigenvalue weighted by atomic mass is 10.0. The van der Waals surface area contributed by atoms with Gasteiger partial charge >= 0.3 is 6.03 Å². The molecule has 0 spiro atoms. The number of amides is 2. The van der Waals surface area contributed by atoms with Gasteiger partial charge in [-0.25, -0.2) is 4.79 Å². The van der Waals surface area contributed by atoms with Gasteiger partial charge in [-0.05, 0) is 48.6 Å². The van der Waals surface area contributed by atoms with Gasteiger partial charge in [-0.3, -0.25) is 0 Å². The van der Waals surface area contributed by atoms with E-state index in [2.05, 4.69) is 22.8 Å². The SMILES string of the molecule is COc1ccc(NC(=O)NC(c2ccccc2)C2CC2)cc1. The fraction of sp³-hybridized carbons (Fsp3) is 0.278. The van der Waals surface area contributed by atoms with Crippen molar-refractivity contribution in [2.75, 3.05) is 12.4 Å². The van der Waals surface area contributed by atoms with Crippen molar-refractivity contribution >= 4 is 11.7 Å². The van der Waals surface area contributed by atoms with E-state index in [1.165, 1.54) is 12.8 Å². The predicted octanol–water partition coefficient (Wildman–Crippen LogP) is 3.97. The first kappa shape index (κ1) is 14.4. The number of hydrogen-bond acceptors (Lipinski definition) is 2. The van der Waals surface area contributed by atoms with E-state index in [4.69, 9.17) is 4.74 Å². The maximum Gasteiger partial charge on any atom is 0.319 e. The molecule has 1 saturated carbocycles. The smallest absolute Gasteiger partial charge is 0.319 e. The van der Waals surface area contributed by atoms with Gasteiger partial charge in [0.05, 0.1) is 13.2 Å². The molecule has 0 radical (unpaired) electrons. The van der Waals surface area contributed by atoms with Gasteiger partial charge < -0.3 is 15.4 Å². The first-order valence-electron chi connectivity index (χ1n) is 7.53. The van der Waals surface area contributed by atoms with Crippen LogP contribution in [0.2, 0.25) is 0 Å². The molecule has 0 bridgehead atoms. The Hall–Kier alpha value is -2.49. The van der Waals surface area contributed by atoms with Gasteiger partial charge in [0.1, 0.15) is 5.75 Å². The summed E-state index contributed by atoms with van der Waals surface area (Å²) in [5.41, 5.74) is 1.91. The summed E-state index contributed by atoms with van der Waals surface area (Å²) in [6.07, 6.45) is 2.34. The second-order valence-electron chi connectivity index (χ2n) is 5.55. The molecule has 4 heteroatoms. The monoisotopic (exact) mass is 296 g/mol. The molecule has 2 amide bonds. The van der Waals surface area contributed by atoms with Crippen molar-refractivity contribution in [3.63, 3.8) is 0 Å². The largest absolute Gasteiger partial charge is 0.497 e. The van der Waals surface area contributed by atoms with Crippen LogP contribution < -0.4 is 15.4 Å². The molecule has 1 atom stereocenters. The molecule has 4 nitrogen and oxygen atoms in total. The lowest BCUT2D eigenvalue weighted by Crippen LogP contribution is -2.33. The Labute approximate surface area is 130 Å². The van der Waals surface area contributed by atoms with Crippen molar-refractivity contribution in [3.05, 3.63) is 60.2 Å². The lowest BCUT2D eigenvalue weighted by molar-refractivity contribution is 0.247. The van der Waals surface area contributed by atoms with E-state index in [0.29, 0.717) is 5.92 Å². The summed E-state index contributed by atoms with van der Waals surface area (Å²) in [5.74, 6) is 1.31. The number of methoxy groups -OCH3 is 1. The van der Waals surface area contributed by atoms with Crippen LogP contribution in [0.25, 0.3) is 0 Å². The maximum atomic E-state index is 12.2. The van der Waals surface area contributed by atoms with Crippen molar-refractivity contribution in [2.45, 2.75) is 18.9 Å². The quantitative estimate of drug-likeness (QED) is 0.877. The number of ether oxygens (including phenoxy) is 1. The molecule has 0 heterocycles. The number of carbonyl (C=O) groups excluding carboxylic acids is 1. The Balaban J connectivity index is 1.64. The van der Waals surface area contributed by atoms with Crippen LogP contribution in [0.1, 0.15) is 24.4 Å². The van der Waals surface area contributed by atoms with Crippen LogP contribution in [0, 0.1) is 5.92 Å². The number of urea groups is 1. The van der Waals surface area contributed by atoms with Crippen molar-refractivity contribution < 1.29 is 9.53 Å². The highest BCUT2D eigenvalue weighted by molar-refractivity contribution is 5.89. The fourth-order valence-corrected chi connectivity index (χ4v) is 2.55. The third-order valence-corrected chi connectivity index (χ3v) is 3.89. The maximum absolute atomic E-state index is 12.2. The Morgan fingerprint density at radius 2 is 1.77 bits per heavy atom. The van der Waals surface area contributed by atoms with E-state index < -0.39 is 0 Å². The average molecular weight is 296 g/mol.